The Morgan fingerprint density at radius 2 is 2.24 bits per heavy atom. The third-order valence-electron chi connectivity index (χ3n) is 4.38. The van der Waals surface area contributed by atoms with Gasteiger partial charge in [0.05, 0.1) is 5.56 Å². The first kappa shape index (κ1) is 13.9. The normalized spacial score (nSPS) is 22.3. The fraction of sp³-hybridized carbons (Fsp3) is 0.500. The number of nitrogens with one attached hydrogen (secondary N) is 1. The Balaban J connectivity index is 1.82. The molecule has 0 amide bonds. The summed E-state index contributed by atoms with van der Waals surface area (Å²) in [5.41, 5.74) is 1.42. The largest absolute Gasteiger partial charge is 0.478 e. The van der Waals surface area contributed by atoms with Gasteiger partial charge in [0.25, 0.3) is 6.01 Å². The van der Waals surface area contributed by atoms with Crippen LogP contribution in [-0.4, -0.2) is 22.1 Å². The number of anilines is 1. The fourth-order valence-corrected chi connectivity index (χ4v) is 3.16. The molecular formula is C16H20N2O3. The van der Waals surface area contributed by atoms with Crippen molar-refractivity contribution in [3.63, 3.8) is 0 Å². The summed E-state index contributed by atoms with van der Waals surface area (Å²) in [6.45, 7) is 2.22. The standard InChI is InChI=1S/C16H20N2O3/c1-2-10-5-3-4-6-12(10)17-16-18-13-8-7-11(15(19)20)9-14(13)21-16/h7-10,12H,2-6H2,1H3,(H,17,18)(H,19,20). The van der Waals surface area contributed by atoms with Gasteiger partial charge in [0.15, 0.2) is 5.58 Å². The molecule has 1 aliphatic rings. The number of oxazole rings is 1. The second-order valence-corrected chi connectivity index (χ2v) is 5.71. The number of carbonyl (C=O) groups is 1. The minimum absolute atomic E-state index is 0.217. The number of nitrogens with zero attached hydrogens (tertiary/aromatic N) is 1. The zero-order valence-electron chi connectivity index (χ0n) is 12.1. The van der Waals surface area contributed by atoms with Gasteiger partial charge < -0.3 is 14.8 Å². The Labute approximate surface area is 123 Å². The van der Waals surface area contributed by atoms with Gasteiger partial charge in [-0.3, -0.25) is 0 Å². The lowest BCUT2D eigenvalue weighted by atomic mass is 9.83. The van der Waals surface area contributed by atoms with Crippen LogP contribution in [-0.2, 0) is 0 Å². The number of rotatable bonds is 4. The summed E-state index contributed by atoms with van der Waals surface area (Å²) in [6, 6.07) is 5.65. The van der Waals surface area contributed by atoms with Gasteiger partial charge in [-0.15, -0.1) is 0 Å². The Hall–Kier alpha value is -2.04. The average Bonchev–Trinajstić information content (AvgIpc) is 2.89. The van der Waals surface area contributed by atoms with Crippen LogP contribution in [0, 0.1) is 5.92 Å². The minimum atomic E-state index is -0.957. The molecule has 0 spiro atoms. The maximum Gasteiger partial charge on any atom is 0.335 e. The Bertz CT molecular complexity index is 650. The number of carboxylic acid groups (broad SMARTS) is 1. The zero-order valence-corrected chi connectivity index (χ0v) is 12.1. The summed E-state index contributed by atoms with van der Waals surface area (Å²) in [5, 5.41) is 12.4. The van der Waals surface area contributed by atoms with Gasteiger partial charge >= 0.3 is 5.97 Å². The quantitative estimate of drug-likeness (QED) is 0.892. The molecule has 0 aliphatic heterocycles. The third kappa shape index (κ3) is 2.86. The molecule has 0 radical (unpaired) electrons. The van der Waals surface area contributed by atoms with E-state index in [-0.39, 0.29) is 5.56 Å². The molecule has 2 unspecified atom stereocenters. The lowest BCUT2D eigenvalue weighted by molar-refractivity contribution is 0.0697. The van der Waals surface area contributed by atoms with Crippen molar-refractivity contribution in [2.24, 2.45) is 5.92 Å². The van der Waals surface area contributed by atoms with Crippen molar-refractivity contribution in [3.8, 4) is 0 Å². The van der Waals surface area contributed by atoms with Gasteiger partial charge in [-0.1, -0.05) is 26.2 Å². The first-order chi connectivity index (χ1) is 10.2. The Morgan fingerprint density at radius 1 is 1.43 bits per heavy atom. The van der Waals surface area contributed by atoms with Crippen LogP contribution in [0.5, 0.6) is 0 Å². The van der Waals surface area contributed by atoms with Crippen molar-refractivity contribution in [2.45, 2.75) is 45.1 Å². The van der Waals surface area contributed by atoms with E-state index in [1.54, 1.807) is 12.1 Å². The number of benzene rings is 1. The molecule has 1 aromatic carbocycles. The average molecular weight is 288 g/mol. The highest BCUT2D eigenvalue weighted by Crippen LogP contribution is 2.30. The van der Waals surface area contributed by atoms with Crippen LogP contribution in [0.3, 0.4) is 0 Å². The van der Waals surface area contributed by atoms with Crippen LogP contribution >= 0.6 is 0 Å². The molecule has 1 heterocycles. The molecule has 2 atom stereocenters. The van der Waals surface area contributed by atoms with Gasteiger partial charge in [-0.2, -0.15) is 4.98 Å². The number of aromatic nitrogens is 1. The summed E-state index contributed by atoms with van der Waals surface area (Å²) < 4.78 is 5.67. The van der Waals surface area contributed by atoms with E-state index >= 15 is 0 Å². The predicted octanol–water partition coefficient (Wildman–Crippen LogP) is 3.91. The molecule has 21 heavy (non-hydrogen) atoms. The van der Waals surface area contributed by atoms with Gasteiger partial charge in [0.2, 0.25) is 0 Å². The van der Waals surface area contributed by atoms with Gasteiger partial charge in [0, 0.05) is 6.04 Å². The van der Waals surface area contributed by atoms with Crippen molar-refractivity contribution in [1.29, 1.82) is 0 Å². The zero-order chi connectivity index (χ0) is 14.8. The number of aromatic carboxylic acids is 1. The van der Waals surface area contributed by atoms with E-state index in [9.17, 15) is 4.79 Å². The monoisotopic (exact) mass is 288 g/mol. The Morgan fingerprint density at radius 3 is 3.00 bits per heavy atom. The number of fused-ring (bicyclic) bond motifs is 1. The molecule has 1 aliphatic carbocycles. The molecule has 5 heteroatoms. The van der Waals surface area contributed by atoms with Crippen molar-refractivity contribution in [1.82, 2.24) is 4.98 Å². The van der Waals surface area contributed by atoms with Gasteiger partial charge in [0.1, 0.15) is 5.52 Å². The van der Waals surface area contributed by atoms with E-state index in [2.05, 4.69) is 17.2 Å². The molecule has 1 fully saturated rings. The van der Waals surface area contributed by atoms with E-state index in [0.29, 0.717) is 29.1 Å². The minimum Gasteiger partial charge on any atom is -0.478 e. The topological polar surface area (TPSA) is 75.4 Å². The first-order valence-corrected chi connectivity index (χ1v) is 7.58. The van der Waals surface area contributed by atoms with E-state index < -0.39 is 5.97 Å². The highest BCUT2D eigenvalue weighted by Gasteiger charge is 2.24. The summed E-state index contributed by atoms with van der Waals surface area (Å²) in [5.74, 6) is -0.301. The van der Waals surface area contributed by atoms with E-state index in [4.69, 9.17) is 9.52 Å². The van der Waals surface area contributed by atoms with Gasteiger partial charge in [-0.05, 0) is 37.0 Å². The molecule has 3 rings (SSSR count). The summed E-state index contributed by atoms with van der Waals surface area (Å²) in [7, 11) is 0. The molecule has 5 nitrogen and oxygen atoms in total. The van der Waals surface area contributed by atoms with Crippen molar-refractivity contribution in [2.75, 3.05) is 5.32 Å². The Kier molecular flexibility index (Phi) is 3.82. The van der Waals surface area contributed by atoms with Crippen LogP contribution in [0.2, 0.25) is 0 Å². The van der Waals surface area contributed by atoms with E-state index in [0.717, 1.165) is 12.8 Å². The van der Waals surface area contributed by atoms with Crippen molar-refractivity contribution >= 4 is 23.1 Å². The maximum absolute atomic E-state index is 11.0. The number of hydrogen-bond acceptors (Lipinski definition) is 4. The summed E-state index contributed by atoms with van der Waals surface area (Å²) >= 11 is 0. The molecule has 1 saturated carbocycles. The van der Waals surface area contributed by atoms with Crippen LogP contribution in [0.15, 0.2) is 22.6 Å². The lowest BCUT2D eigenvalue weighted by Crippen LogP contribution is -2.31. The molecule has 0 bridgehead atoms. The predicted molar refractivity (Wildman–Crippen MR) is 80.6 cm³/mol. The van der Waals surface area contributed by atoms with Gasteiger partial charge in [-0.25, -0.2) is 4.79 Å². The van der Waals surface area contributed by atoms with Crippen LogP contribution in [0.1, 0.15) is 49.4 Å². The smallest absolute Gasteiger partial charge is 0.335 e. The summed E-state index contributed by atoms with van der Waals surface area (Å²) in [6.07, 6.45) is 6.07. The maximum atomic E-state index is 11.0. The highest BCUT2D eigenvalue weighted by atomic mass is 16.4. The van der Waals surface area contributed by atoms with Crippen LogP contribution in [0.25, 0.3) is 11.1 Å². The van der Waals surface area contributed by atoms with Crippen molar-refractivity contribution in [3.05, 3.63) is 23.8 Å². The lowest BCUT2D eigenvalue weighted by Gasteiger charge is -2.30. The second-order valence-electron chi connectivity index (χ2n) is 5.71. The van der Waals surface area contributed by atoms with E-state index in [1.165, 1.54) is 25.3 Å². The molecular weight excluding hydrogens is 268 g/mol. The van der Waals surface area contributed by atoms with Crippen molar-refractivity contribution < 1.29 is 14.3 Å². The molecule has 2 aromatic rings. The first-order valence-electron chi connectivity index (χ1n) is 7.58. The molecule has 0 saturated heterocycles. The number of carboxylic acids is 1. The summed E-state index contributed by atoms with van der Waals surface area (Å²) in [4.78, 5) is 15.4. The molecule has 1 aromatic heterocycles. The molecule has 112 valence electrons. The molecule has 2 N–H and O–H groups in total. The van der Waals surface area contributed by atoms with Crippen LogP contribution in [0.4, 0.5) is 6.01 Å². The van der Waals surface area contributed by atoms with Crippen LogP contribution < -0.4 is 5.32 Å². The second kappa shape index (κ2) is 5.76. The third-order valence-corrected chi connectivity index (χ3v) is 4.38. The highest BCUT2D eigenvalue weighted by molar-refractivity contribution is 5.92. The number of hydrogen-bond donors (Lipinski definition) is 2. The fourth-order valence-electron chi connectivity index (χ4n) is 3.16. The van der Waals surface area contributed by atoms with E-state index in [1.807, 2.05) is 0 Å². The SMILES string of the molecule is CCC1CCCCC1Nc1nc2ccc(C(=O)O)cc2o1.